The molecule has 1 aliphatic rings. The van der Waals surface area contributed by atoms with Gasteiger partial charge in [0.2, 0.25) is 0 Å². The monoisotopic (exact) mass is 285 g/mol. The topological polar surface area (TPSA) is 12.0 Å². The number of hydrogen-bond acceptors (Lipinski definition) is 1. The minimum Gasteiger partial charge on any atom is -0.381 e. The van der Waals surface area contributed by atoms with Crippen LogP contribution in [0.3, 0.4) is 0 Å². The lowest BCUT2D eigenvalue weighted by atomic mass is 9.92. The van der Waals surface area contributed by atoms with Crippen LogP contribution >= 0.6 is 0 Å². The number of benzene rings is 1. The van der Waals surface area contributed by atoms with E-state index < -0.39 is 0 Å². The smallest absolute Gasteiger partial charge is 0.0692 e. The van der Waals surface area contributed by atoms with Crippen LogP contribution in [0.4, 0.5) is 0 Å². The zero-order valence-corrected chi connectivity index (χ0v) is 14.5. The lowest BCUT2D eigenvalue weighted by Gasteiger charge is -2.14. The average Bonchev–Trinajstić information content (AvgIpc) is 2.62. The van der Waals surface area contributed by atoms with Gasteiger partial charge in [0.15, 0.2) is 0 Å². The van der Waals surface area contributed by atoms with Gasteiger partial charge in [-0.3, -0.25) is 0 Å². The Kier molecular flexibility index (Phi) is 6.74. The van der Waals surface area contributed by atoms with E-state index in [1.165, 1.54) is 11.1 Å². The predicted octanol–water partition coefficient (Wildman–Crippen LogP) is 5.65. The maximum Gasteiger partial charge on any atom is 0.0692 e. The molecule has 1 aromatic rings. The Morgan fingerprint density at radius 2 is 1.67 bits per heavy atom. The second-order valence-corrected chi connectivity index (χ2v) is 6.50. The zero-order valence-electron chi connectivity index (χ0n) is 14.5. The van der Waals surface area contributed by atoms with E-state index in [2.05, 4.69) is 81.7 Å². The Labute approximate surface area is 131 Å². The third-order valence-corrected chi connectivity index (χ3v) is 3.49. The van der Waals surface area contributed by atoms with Crippen molar-refractivity contribution in [3.8, 4) is 0 Å². The second-order valence-electron chi connectivity index (χ2n) is 6.50. The van der Waals surface area contributed by atoms with Gasteiger partial charge in [-0.05, 0) is 29.7 Å². The minimum atomic E-state index is 0.138. The first-order chi connectivity index (χ1) is 9.96. The lowest BCUT2D eigenvalue weighted by molar-refractivity contribution is 0.626. The molecular formula is C20H31N. The Hall–Kier alpha value is -1.50. The molecule has 0 bridgehead atoms. The van der Waals surface area contributed by atoms with Crippen molar-refractivity contribution < 1.29 is 0 Å². The lowest BCUT2D eigenvalue weighted by Crippen LogP contribution is -2.12. The highest BCUT2D eigenvalue weighted by Gasteiger charge is 2.15. The van der Waals surface area contributed by atoms with E-state index >= 15 is 0 Å². The predicted molar refractivity (Wildman–Crippen MR) is 94.3 cm³/mol. The Bertz CT molecular complexity index is 463. The fourth-order valence-electron chi connectivity index (χ4n) is 2.36. The van der Waals surface area contributed by atoms with Gasteiger partial charge in [-0.2, -0.15) is 0 Å². The first kappa shape index (κ1) is 17.6. The highest BCUT2D eigenvalue weighted by molar-refractivity contribution is 5.30. The number of allylic oxidation sites excluding steroid dienone is 2. The summed E-state index contributed by atoms with van der Waals surface area (Å²) in [7, 11) is 0. The molecule has 0 spiro atoms. The summed E-state index contributed by atoms with van der Waals surface area (Å²) in [6.45, 7) is 13.0. The van der Waals surface area contributed by atoms with Gasteiger partial charge >= 0.3 is 0 Å². The number of nitrogens with one attached hydrogen (secondary N) is 1. The van der Waals surface area contributed by atoms with Crippen molar-refractivity contribution in [3.63, 3.8) is 0 Å². The number of hydrogen-bond donors (Lipinski definition) is 1. The molecule has 0 amide bonds. The van der Waals surface area contributed by atoms with E-state index in [0.717, 1.165) is 6.42 Å². The van der Waals surface area contributed by atoms with Crippen LogP contribution in [0.15, 0.2) is 48.7 Å². The average molecular weight is 285 g/mol. The van der Waals surface area contributed by atoms with E-state index in [1.54, 1.807) is 0 Å². The van der Waals surface area contributed by atoms with Crippen LogP contribution in [-0.4, -0.2) is 0 Å². The van der Waals surface area contributed by atoms with Crippen LogP contribution in [0.5, 0.6) is 0 Å². The van der Waals surface area contributed by atoms with E-state index in [4.69, 9.17) is 0 Å². The van der Waals surface area contributed by atoms with Gasteiger partial charge in [-0.15, -0.1) is 0 Å². The fourth-order valence-corrected chi connectivity index (χ4v) is 2.36. The summed E-state index contributed by atoms with van der Waals surface area (Å²) in [5.74, 6) is 0.713. The largest absolute Gasteiger partial charge is 0.381 e. The molecule has 1 nitrogen and oxygen atoms in total. The summed E-state index contributed by atoms with van der Waals surface area (Å²) in [4.78, 5) is 0. The van der Waals surface area contributed by atoms with Crippen molar-refractivity contribution in [2.45, 2.75) is 54.0 Å². The Morgan fingerprint density at radius 1 is 1.05 bits per heavy atom. The summed E-state index contributed by atoms with van der Waals surface area (Å²) in [5, 5.41) is 3.45. The molecule has 1 aliphatic heterocycles. The molecule has 0 radical (unpaired) electrons. The van der Waals surface area contributed by atoms with Crippen LogP contribution < -0.4 is 5.32 Å². The van der Waals surface area contributed by atoms with Crippen LogP contribution in [0.1, 0.15) is 58.7 Å². The summed E-state index contributed by atoms with van der Waals surface area (Å²) >= 11 is 0. The van der Waals surface area contributed by atoms with E-state index in [1.807, 2.05) is 13.8 Å². The van der Waals surface area contributed by atoms with Gasteiger partial charge < -0.3 is 5.32 Å². The fraction of sp³-hybridized carbons (Fsp3) is 0.500. The molecule has 1 heterocycles. The summed E-state index contributed by atoms with van der Waals surface area (Å²) in [5.41, 5.74) is 2.89. The molecule has 1 heteroatoms. The first-order valence-electron chi connectivity index (χ1n) is 8.18. The molecule has 116 valence electrons. The van der Waals surface area contributed by atoms with Gasteiger partial charge in [-0.1, -0.05) is 84.0 Å². The SMILES string of the molecule is CC.CC(C)Cc1ccc(C2C=CC(C)(C)C=CN2)cc1. The van der Waals surface area contributed by atoms with Crippen LogP contribution in [0.2, 0.25) is 0 Å². The molecule has 1 aromatic carbocycles. The molecule has 21 heavy (non-hydrogen) atoms. The molecule has 2 rings (SSSR count). The molecule has 0 saturated carbocycles. The summed E-state index contributed by atoms with van der Waals surface area (Å²) in [6, 6.07) is 9.28. The molecule has 1 N–H and O–H groups in total. The van der Waals surface area contributed by atoms with Crippen molar-refractivity contribution in [2.24, 2.45) is 11.3 Å². The molecule has 0 aromatic heterocycles. The second kappa shape index (κ2) is 8.07. The zero-order chi connectivity index (χ0) is 15.9. The van der Waals surface area contributed by atoms with Crippen LogP contribution in [0.25, 0.3) is 0 Å². The normalized spacial score (nSPS) is 19.5. The molecular weight excluding hydrogens is 254 g/mol. The van der Waals surface area contributed by atoms with Crippen molar-refractivity contribution in [2.75, 3.05) is 0 Å². The van der Waals surface area contributed by atoms with Gasteiger partial charge in [0.05, 0.1) is 6.04 Å². The maximum absolute atomic E-state index is 3.45. The van der Waals surface area contributed by atoms with Gasteiger partial charge in [-0.25, -0.2) is 0 Å². The van der Waals surface area contributed by atoms with E-state index in [-0.39, 0.29) is 11.5 Å². The Morgan fingerprint density at radius 3 is 2.24 bits per heavy atom. The van der Waals surface area contributed by atoms with Gasteiger partial charge in [0.1, 0.15) is 0 Å². The van der Waals surface area contributed by atoms with Crippen molar-refractivity contribution in [1.82, 2.24) is 5.32 Å². The standard InChI is InChI=1S/C18H25N.C2H6/c1-14(2)13-15-5-7-16(8-6-15)17-9-10-18(3,4)11-12-19-17;1-2/h5-12,14,17,19H,13H2,1-4H3;1-2H3. The van der Waals surface area contributed by atoms with E-state index in [0.29, 0.717) is 5.92 Å². The number of rotatable bonds is 3. The van der Waals surface area contributed by atoms with Gasteiger partial charge in [0.25, 0.3) is 0 Å². The van der Waals surface area contributed by atoms with Crippen molar-refractivity contribution in [1.29, 1.82) is 0 Å². The van der Waals surface area contributed by atoms with E-state index in [9.17, 15) is 0 Å². The molecule has 0 fully saturated rings. The van der Waals surface area contributed by atoms with Crippen molar-refractivity contribution in [3.05, 3.63) is 59.8 Å². The summed E-state index contributed by atoms with van der Waals surface area (Å²) < 4.78 is 0. The molecule has 0 aliphatic carbocycles. The first-order valence-corrected chi connectivity index (χ1v) is 8.18. The molecule has 1 atom stereocenters. The van der Waals surface area contributed by atoms with Crippen LogP contribution in [0, 0.1) is 11.3 Å². The minimum absolute atomic E-state index is 0.138. The van der Waals surface area contributed by atoms with Gasteiger partial charge in [0, 0.05) is 5.41 Å². The quantitative estimate of drug-likeness (QED) is 0.707. The molecule has 0 saturated heterocycles. The highest BCUT2D eigenvalue weighted by Crippen LogP contribution is 2.25. The maximum atomic E-state index is 3.45. The molecule has 1 unspecified atom stereocenters. The Balaban J connectivity index is 0.00000106. The third-order valence-electron chi connectivity index (χ3n) is 3.49. The van der Waals surface area contributed by atoms with Crippen molar-refractivity contribution >= 4 is 0 Å². The van der Waals surface area contributed by atoms with Crippen LogP contribution in [-0.2, 0) is 6.42 Å². The highest BCUT2D eigenvalue weighted by atomic mass is 14.9. The third kappa shape index (κ3) is 5.79. The summed E-state index contributed by atoms with van der Waals surface area (Å²) in [6.07, 6.45) is 9.97.